The molecule has 1 aliphatic carbocycles. The van der Waals surface area contributed by atoms with E-state index in [1.807, 2.05) is 9.47 Å². The van der Waals surface area contributed by atoms with Crippen LogP contribution in [0, 0.1) is 11.6 Å². The lowest BCUT2D eigenvalue weighted by Crippen LogP contribution is -2.48. The molecule has 0 radical (unpaired) electrons. The minimum Gasteiger partial charge on any atom is -0.366 e. The number of hydrogen-bond acceptors (Lipinski definition) is 4. The van der Waals surface area contributed by atoms with E-state index in [4.69, 9.17) is 0 Å². The molecule has 0 spiro atoms. The second-order valence-corrected chi connectivity index (χ2v) is 9.07. The number of rotatable bonds is 5. The molecule has 180 valence electrons. The fourth-order valence-electron chi connectivity index (χ4n) is 4.53. The van der Waals surface area contributed by atoms with Crippen molar-refractivity contribution in [2.45, 2.75) is 25.8 Å². The molecule has 2 aromatic carbocycles. The smallest absolute Gasteiger partial charge is 0.219 e. The number of aromatic nitrogens is 1. The maximum Gasteiger partial charge on any atom is 0.219 e. The van der Waals surface area contributed by atoms with Gasteiger partial charge in [-0.3, -0.25) is 14.4 Å². The summed E-state index contributed by atoms with van der Waals surface area (Å²) in [6.07, 6.45) is 6.22. The number of carbonyl (C=O) groups excluding carboxylic acids is 2. The number of piperazine rings is 1. The summed E-state index contributed by atoms with van der Waals surface area (Å²) in [7, 11) is 0. The number of halogens is 2. The fraction of sp³-hybridized carbons (Fsp3) is 0.296. The van der Waals surface area contributed by atoms with Crippen LogP contribution in [-0.4, -0.2) is 47.3 Å². The third-order valence-electron chi connectivity index (χ3n) is 6.67. The summed E-state index contributed by atoms with van der Waals surface area (Å²) in [4.78, 5) is 41.4. The average Bonchev–Trinajstić information content (AvgIpc) is 3.69. The van der Waals surface area contributed by atoms with Crippen molar-refractivity contribution in [2.24, 2.45) is 0 Å². The van der Waals surface area contributed by atoms with Gasteiger partial charge in [0, 0.05) is 50.7 Å². The highest BCUT2D eigenvalue weighted by Crippen LogP contribution is 2.38. The van der Waals surface area contributed by atoms with E-state index < -0.39 is 17.0 Å². The Morgan fingerprint density at radius 1 is 1.00 bits per heavy atom. The van der Waals surface area contributed by atoms with Crippen LogP contribution in [0.4, 0.5) is 14.5 Å². The minimum atomic E-state index is -0.528. The van der Waals surface area contributed by atoms with E-state index >= 15 is 4.39 Å². The first-order valence-electron chi connectivity index (χ1n) is 11.7. The Morgan fingerprint density at radius 3 is 2.31 bits per heavy atom. The normalized spacial score (nSPS) is 16.3. The number of benzene rings is 2. The molecule has 2 aliphatic rings. The highest BCUT2D eigenvalue weighted by atomic mass is 19.1. The van der Waals surface area contributed by atoms with Gasteiger partial charge in [-0.1, -0.05) is 18.2 Å². The number of pyridine rings is 1. The molecule has 1 aromatic heterocycles. The van der Waals surface area contributed by atoms with Gasteiger partial charge < -0.3 is 14.4 Å². The number of anilines is 1. The maximum absolute atomic E-state index is 15.2. The molecular weight excluding hydrogens is 452 g/mol. The predicted octanol–water partition coefficient (Wildman–Crippen LogP) is 4.18. The Kier molecular flexibility index (Phi) is 5.96. The molecule has 3 aromatic rings. The van der Waals surface area contributed by atoms with Crippen LogP contribution in [0.2, 0.25) is 0 Å². The zero-order chi connectivity index (χ0) is 24.7. The SMILES string of the molecule is CC(=O)N1CCN(c2cc3c(cc2F)c(=O)c(C(=O)C=Cc2ccc(F)cc2)cn3C2CC2)CC1. The molecule has 8 heteroatoms. The lowest BCUT2D eigenvalue weighted by Gasteiger charge is -2.36. The van der Waals surface area contributed by atoms with Gasteiger partial charge in [0.15, 0.2) is 5.78 Å². The number of nitrogens with zero attached hydrogens (tertiary/aromatic N) is 3. The summed E-state index contributed by atoms with van der Waals surface area (Å²) in [5.74, 6) is -1.39. The lowest BCUT2D eigenvalue weighted by atomic mass is 10.1. The molecule has 35 heavy (non-hydrogen) atoms. The van der Waals surface area contributed by atoms with Gasteiger partial charge in [-0.15, -0.1) is 0 Å². The fourth-order valence-corrected chi connectivity index (χ4v) is 4.53. The van der Waals surface area contributed by atoms with Gasteiger partial charge in [-0.25, -0.2) is 8.78 Å². The molecule has 0 bridgehead atoms. The summed E-state index contributed by atoms with van der Waals surface area (Å²) in [5.41, 5.74) is 1.08. The molecule has 0 atom stereocenters. The Morgan fingerprint density at radius 2 is 1.69 bits per heavy atom. The van der Waals surface area contributed by atoms with Crippen molar-refractivity contribution in [3.05, 3.63) is 81.7 Å². The first kappa shape index (κ1) is 23.0. The van der Waals surface area contributed by atoms with E-state index in [0.29, 0.717) is 42.9 Å². The Hall–Kier alpha value is -3.81. The van der Waals surface area contributed by atoms with Crippen LogP contribution < -0.4 is 10.3 Å². The van der Waals surface area contributed by atoms with E-state index in [2.05, 4.69) is 0 Å². The molecule has 0 N–H and O–H groups in total. The van der Waals surface area contributed by atoms with Gasteiger partial charge in [0.2, 0.25) is 11.3 Å². The van der Waals surface area contributed by atoms with Crippen LogP contribution in [0.1, 0.15) is 41.7 Å². The van der Waals surface area contributed by atoms with Crippen LogP contribution in [-0.2, 0) is 4.79 Å². The van der Waals surface area contributed by atoms with Crippen molar-refractivity contribution in [3.8, 4) is 0 Å². The van der Waals surface area contributed by atoms with Crippen molar-refractivity contribution in [2.75, 3.05) is 31.1 Å². The monoisotopic (exact) mass is 477 g/mol. The number of fused-ring (bicyclic) bond motifs is 1. The van der Waals surface area contributed by atoms with Gasteiger partial charge in [0.05, 0.1) is 16.8 Å². The summed E-state index contributed by atoms with van der Waals surface area (Å²) < 4.78 is 30.3. The van der Waals surface area contributed by atoms with Crippen LogP contribution in [0.3, 0.4) is 0 Å². The van der Waals surface area contributed by atoms with E-state index in [0.717, 1.165) is 12.8 Å². The molecular formula is C27H25F2N3O3. The zero-order valence-electron chi connectivity index (χ0n) is 19.3. The quantitative estimate of drug-likeness (QED) is 0.409. The first-order chi connectivity index (χ1) is 16.8. The molecule has 0 unspecified atom stereocenters. The summed E-state index contributed by atoms with van der Waals surface area (Å²) in [5, 5.41) is 0.168. The summed E-state index contributed by atoms with van der Waals surface area (Å²) in [6.45, 7) is 3.54. The average molecular weight is 478 g/mol. The van der Waals surface area contributed by atoms with Crippen LogP contribution in [0.5, 0.6) is 0 Å². The molecule has 1 saturated carbocycles. The highest BCUT2D eigenvalue weighted by molar-refractivity contribution is 6.08. The number of ketones is 1. The first-order valence-corrected chi connectivity index (χ1v) is 11.7. The maximum atomic E-state index is 15.2. The Labute approximate surface area is 201 Å². The second kappa shape index (κ2) is 9.09. The van der Waals surface area contributed by atoms with Gasteiger partial charge in [-0.2, -0.15) is 0 Å². The van der Waals surface area contributed by atoms with Crippen LogP contribution in [0.25, 0.3) is 17.0 Å². The van der Waals surface area contributed by atoms with Crippen molar-refractivity contribution < 1.29 is 18.4 Å². The minimum absolute atomic E-state index is 0.00289. The number of hydrogen-bond donors (Lipinski definition) is 0. The molecule has 1 aliphatic heterocycles. The number of carbonyl (C=O) groups is 2. The van der Waals surface area contributed by atoms with E-state index in [9.17, 15) is 18.8 Å². The van der Waals surface area contributed by atoms with E-state index in [1.54, 1.807) is 17.2 Å². The van der Waals surface area contributed by atoms with Gasteiger partial charge in [-0.05, 0) is 48.7 Å². The molecule has 2 fully saturated rings. The van der Waals surface area contributed by atoms with Crippen molar-refractivity contribution in [1.29, 1.82) is 0 Å². The van der Waals surface area contributed by atoms with E-state index in [-0.39, 0.29) is 28.7 Å². The van der Waals surface area contributed by atoms with Crippen LogP contribution in [0.15, 0.2) is 53.5 Å². The summed E-state index contributed by atoms with van der Waals surface area (Å²) >= 11 is 0. The Bertz CT molecular complexity index is 1400. The summed E-state index contributed by atoms with van der Waals surface area (Å²) in [6, 6.07) is 8.73. The van der Waals surface area contributed by atoms with Gasteiger partial charge in [0.1, 0.15) is 11.6 Å². The van der Waals surface area contributed by atoms with E-state index in [1.165, 1.54) is 49.4 Å². The molecule has 2 heterocycles. The second-order valence-electron chi connectivity index (χ2n) is 9.07. The third kappa shape index (κ3) is 4.60. The standard InChI is InChI=1S/C27H25F2N3O3/c1-17(33)30-10-12-31(13-11-30)25-15-24-21(14-23(25)29)27(35)22(16-32(24)20-7-8-20)26(34)9-4-18-2-5-19(28)6-3-18/h2-6,9,14-16,20H,7-8,10-13H2,1H3. The highest BCUT2D eigenvalue weighted by Gasteiger charge is 2.28. The largest absolute Gasteiger partial charge is 0.366 e. The van der Waals surface area contributed by atoms with Gasteiger partial charge in [0.25, 0.3) is 0 Å². The number of allylic oxidation sites excluding steroid dienone is 1. The predicted molar refractivity (Wildman–Crippen MR) is 131 cm³/mol. The molecule has 1 amide bonds. The van der Waals surface area contributed by atoms with Crippen molar-refractivity contribution in [3.63, 3.8) is 0 Å². The molecule has 5 rings (SSSR count). The van der Waals surface area contributed by atoms with Crippen molar-refractivity contribution in [1.82, 2.24) is 9.47 Å². The lowest BCUT2D eigenvalue weighted by molar-refractivity contribution is -0.129. The van der Waals surface area contributed by atoms with Gasteiger partial charge >= 0.3 is 0 Å². The molecule has 6 nitrogen and oxygen atoms in total. The van der Waals surface area contributed by atoms with Crippen molar-refractivity contribution >= 4 is 34.4 Å². The zero-order valence-corrected chi connectivity index (χ0v) is 19.3. The third-order valence-corrected chi connectivity index (χ3v) is 6.67. The number of amides is 1. The molecule has 1 saturated heterocycles. The Balaban J connectivity index is 1.51. The topological polar surface area (TPSA) is 62.6 Å². The van der Waals surface area contributed by atoms with Crippen LogP contribution >= 0.6 is 0 Å².